The number of aryl methyl sites for hydroxylation is 1. The summed E-state index contributed by atoms with van der Waals surface area (Å²) in [5, 5.41) is 15.5. The maximum absolute atomic E-state index is 4.16. The van der Waals surface area contributed by atoms with Crippen molar-refractivity contribution in [3.8, 4) is 0 Å². The Morgan fingerprint density at radius 3 is 2.75 bits per heavy atom. The number of aromatic nitrogens is 4. The normalized spacial score (nSPS) is 19.9. The molecule has 16 heavy (non-hydrogen) atoms. The van der Waals surface area contributed by atoms with Crippen molar-refractivity contribution in [3.05, 3.63) is 5.82 Å². The summed E-state index contributed by atoms with van der Waals surface area (Å²) < 4.78 is 0. The van der Waals surface area contributed by atoms with Crippen LogP contribution in [0.5, 0.6) is 0 Å². The van der Waals surface area contributed by atoms with E-state index in [1.165, 1.54) is 36.9 Å². The van der Waals surface area contributed by atoms with Gasteiger partial charge in [0.05, 0.1) is 13.6 Å². The van der Waals surface area contributed by atoms with E-state index >= 15 is 0 Å². The number of tetrazole rings is 1. The number of nitrogens with one attached hydrogen (secondary N) is 1. The molecule has 5 heteroatoms. The summed E-state index contributed by atoms with van der Waals surface area (Å²) in [5.41, 5.74) is 0. The SMILES string of the molecule is CC(NCc1nnn(C)n1)C1CCCCC1. The molecule has 1 aliphatic carbocycles. The predicted molar refractivity (Wildman–Crippen MR) is 61.7 cm³/mol. The molecule has 1 aromatic rings. The van der Waals surface area contributed by atoms with Crippen molar-refractivity contribution in [2.45, 2.75) is 51.6 Å². The zero-order chi connectivity index (χ0) is 11.4. The van der Waals surface area contributed by atoms with Gasteiger partial charge in [-0.25, -0.2) is 0 Å². The summed E-state index contributed by atoms with van der Waals surface area (Å²) in [6, 6.07) is 0.559. The average molecular weight is 223 g/mol. The molecule has 0 aromatic carbocycles. The Hall–Kier alpha value is -0.970. The highest BCUT2D eigenvalue weighted by Gasteiger charge is 2.19. The lowest BCUT2D eigenvalue weighted by molar-refractivity contribution is 0.279. The number of hydrogen-bond donors (Lipinski definition) is 1. The molecule has 1 aliphatic rings. The molecule has 2 rings (SSSR count). The first-order chi connectivity index (χ1) is 7.75. The topological polar surface area (TPSA) is 55.6 Å². The van der Waals surface area contributed by atoms with Gasteiger partial charge >= 0.3 is 0 Å². The van der Waals surface area contributed by atoms with E-state index < -0.39 is 0 Å². The van der Waals surface area contributed by atoms with Gasteiger partial charge in [-0.1, -0.05) is 19.3 Å². The van der Waals surface area contributed by atoms with Gasteiger partial charge in [0.15, 0.2) is 5.82 Å². The van der Waals surface area contributed by atoms with E-state index in [-0.39, 0.29) is 0 Å². The minimum atomic E-state index is 0.559. The van der Waals surface area contributed by atoms with Crippen LogP contribution in [0, 0.1) is 5.92 Å². The van der Waals surface area contributed by atoms with E-state index in [0.717, 1.165) is 18.3 Å². The van der Waals surface area contributed by atoms with Crippen LogP contribution in [-0.4, -0.2) is 26.2 Å². The molecule has 1 atom stereocenters. The molecular weight excluding hydrogens is 202 g/mol. The first-order valence-corrected chi connectivity index (χ1v) is 6.22. The van der Waals surface area contributed by atoms with Gasteiger partial charge in [0.25, 0.3) is 0 Å². The Bertz CT molecular complexity index is 316. The molecule has 0 amide bonds. The molecule has 0 radical (unpaired) electrons. The lowest BCUT2D eigenvalue weighted by Crippen LogP contribution is -2.34. The second-order valence-electron chi connectivity index (χ2n) is 4.76. The van der Waals surface area contributed by atoms with Crippen molar-refractivity contribution < 1.29 is 0 Å². The third kappa shape index (κ3) is 3.01. The summed E-state index contributed by atoms with van der Waals surface area (Å²) in [6.07, 6.45) is 6.92. The summed E-state index contributed by atoms with van der Waals surface area (Å²) in [5.74, 6) is 1.61. The molecule has 0 bridgehead atoms. The zero-order valence-corrected chi connectivity index (χ0v) is 10.2. The molecule has 0 spiro atoms. The van der Waals surface area contributed by atoms with E-state index in [1.54, 1.807) is 7.05 Å². The summed E-state index contributed by atoms with van der Waals surface area (Å²) in [7, 11) is 1.79. The largest absolute Gasteiger partial charge is 0.307 e. The summed E-state index contributed by atoms with van der Waals surface area (Å²) >= 11 is 0. The van der Waals surface area contributed by atoms with E-state index in [0.29, 0.717) is 6.04 Å². The van der Waals surface area contributed by atoms with E-state index in [1.807, 2.05) is 0 Å². The fraction of sp³-hybridized carbons (Fsp3) is 0.909. The highest BCUT2D eigenvalue weighted by Crippen LogP contribution is 2.26. The Morgan fingerprint density at radius 1 is 1.38 bits per heavy atom. The summed E-state index contributed by atoms with van der Waals surface area (Å²) in [6.45, 7) is 3.00. The van der Waals surface area contributed by atoms with Crippen molar-refractivity contribution >= 4 is 0 Å². The molecule has 0 saturated heterocycles. The molecule has 5 nitrogen and oxygen atoms in total. The fourth-order valence-corrected chi connectivity index (χ4v) is 2.45. The maximum atomic E-state index is 4.16. The van der Waals surface area contributed by atoms with Crippen LogP contribution in [0.25, 0.3) is 0 Å². The first-order valence-electron chi connectivity index (χ1n) is 6.22. The van der Waals surface area contributed by atoms with E-state index in [4.69, 9.17) is 0 Å². The molecule has 1 saturated carbocycles. The van der Waals surface area contributed by atoms with Gasteiger partial charge < -0.3 is 5.32 Å². The van der Waals surface area contributed by atoms with Crippen LogP contribution in [0.4, 0.5) is 0 Å². The Kier molecular flexibility index (Phi) is 3.88. The standard InChI is InChI=1S/C11H21N5/c1-9(10-6-4-3-5-7-10)12-8-11-13-15-16(2)14-11/h9-10,12H,3-8H2,1-2H3. The van der Waals surface area contributed by atoms with E-state index in [2.05, 4.69) is 27.7 Å². The molecular formula is C11H21N5. The van der Waals surface area contributed by atoms with E-state index in [9.17, 15) is 0 Å². The van der Waals surface area contributed by atoms with Gasteiger partial charge in [-0.15, -0.1) is 10.2 Å². The molecule has 0 aliphatic heterocycles. The van der Waals surface area contributed by atoms with Gasteiger partial charge in [0.2, 0.25) is 0 Å². The van der Waals surface area contributed by atoms with Crippen LogP contribution in [0.15, 0.2) is 0 Å². The third-order valence-corrected chi connectivity index (χ3v) is 3.49. The van der Waals surface area contributed by atoms with Gasteiger partial charge in [0.1, 0.15) is 0 Å². The molecule has 1 unspecified atom stereocenters. The minimum absolute atomic E-state index is 0.559. The maximum Gasteiger partial charge on any atom is 0.188 e. The lowest BCUT2D eigenvalue weighted by Gasteiger charge is -2.28. The summed E-state index contributed by atoms with van der Waals surface area (Å²) in [4.78, 5) is 1.50. The highest BCUT2D eigenvalue weighted by atomic mass is 15.6. The van der Waals surface area contributed by atoms with Crippen LogP contribution < -0.4 is 5.32 Å². The number of hydrogen-bond acceptors (Lipinski definition) is 4. The second-order valence-corrected chi connectivity index (χ2v) is 4.76. The second kappa shape index (κ2) is 5.39. The number of nitrogens with zero attached hydrogens (tertiary/aromatic N) is 4. The molecule has 1 heterocycles. The monoisotopic (exact) mass is 223 g/mol. The Morgan fingerprint density at radius 2 is 2.12 bits per heavy atom. The van der Waals surface area contributed by atoms with Crippen LogP contribution in [0.3, 0.4) is 0 Å². The fourth-order valence-electron chi connectivity index (χ4n) is 2.45. The van der Waals surface area contributed by atoms with Crippen molar-refractivity contribution in [1.29, 1.82) is 0 Å². The molecule has 1 fully saturated rings. The third-order valence-electron chi connectivity index (χ3n) is 3.49. The predicted octanol–water partition coefficient (Wildman–Crippen LogP) is 1.27. The van der Waals surface area contributed by atoms with Gasteiger partial charge in [-0.2, -0.15) is 4.80 Å². The quantitative estimate of drug-likeness (QED) is 0.835. The molecule has 90 valence electrons. The number of rotatable bonds is 4. The van der Waals surface area contributed by atoms with Gasteiger partial charge in [-0.3, -0.25) is 0 Å². The van der Waals surface area contributed by atoms with Gasteiger partial charge in [0, 0.05) is 6.04 Å². The molecule has 1 aromatic heterocycles. The van der Waals surface area contributed by atoms with Crippen molar-refractivity contribution in [3.63, 3.8) is 0 Å². The van der Waals surface area contributed by atoms with Crippen LogP contribution >= 0.6 is 0 Å². The highest BCUT2D eigenvalue weighted by molar-refractivity contribution is 4.80. The van der Waals surface area contributed by atoms with Crippen LogP contribution in [0.2, 0.25) is 0 Å². The van der Waals surface area contributed by atoms with Crippen LogP contribution in [0.1, 0.15) is 44.9 Å². The van der Waals surface area contributed by atoms with Crippen LogP contribution in [-0.2, 0) is 13.6 Å². The Balaban J connectivity index is 1.76. The molecule has 1 N–H and O–H groups in total. The average Bonchev–Trinajstić information content (AvgIpc) is 2.73. The smallest absolute Gasteiger partial charge is 0.188 e. The zero-order valence-electron chi connectivity index (χ0n) is 10.2. The van der Waals surface area contributed by atoms with Gasteiger partial charge in [-0.05, 0) is 30.9 Å². The first kappa shape index (κ1) is 11.5. The van der Waals surface area contributed by atoms with Crippen molar-refractivity contribution in [2.24, 2.45) is 13.0 Å². The van der Waals surface area contributed by atoms with Crippen molar-refractivity contribution in [1.82, 2.24) is 25.5 Å². The lowest BCUT2D eigenvalue weighted by atomic mass is 9.84. The van der Waals surface area contributed by atoms with Crippen molar-refractivity contribution in [2.75, 3.05) is 0 Å². The minimum Gasteiger partial charge on any atom is -0.307 e. The Labute approximate surface area is 96.6 Å².